The number of fused-ring (bicyclic) bond motifs is 1. The predicted octanol–water partition coefficient (Wildman–Crippen LogP) is 2.99. The highest BCUT2D eigenvalue weighted by Crippen LogP contribution is 2.22. The van der Waals surface area contributed by atoms with Gasteiger partial charge < -0.3 is 10.1 Å². The summed E-state index contributed by atoms with van der Waals surface area (Å²) >= 11 is 0. The number of nitrogens with one attached hydrogen (secondary N) is 1. The van der Waals surface area contributed by atoms with Gasteiger partial charge in [0.1, 0.15) is 5.82 Å². The van der Waals surface area contributed by atoms with Crippen LogP contribution in [0.25, 0.3) is 10.8 Å². The smallest absolute Gasteiger partial charge is 0.274 e. The SMILES string of the molecule is CC(C)Cn1nc(C(=O)NCC(c2ccc(F)cc2)N2CCOCC2)c2ccccc2c1=O. The zero-order valence-corrected chi connectivity index (χ0v) is 19.0. The lowest BCUT2D eigenvalue weighted by atomic mass is 10.0. The van der Waals surface area contributed by atoms with E-state index in [1.165, 1.54) is 16.8 Å². The van der Waals surface area contributed by atoms with Crippen molar-refractivity contribution in [2.75, 3.05) is 32.8 Å². The predicted molar refractivity (Wildman–Crippen MR) is 125 cm³/mol. The van der Waals surface area contributed by atoms with Gasteiger partial charge in [0.25, 0.3) is 11.5 Å². The molecule has 4 rings (SSSR count). The third-order valence-electron chi connectivity index (χ3n) is 5.82. The van der Waals surface area contributed by atoms with Gasteiger partial charge in [-0.1, -0.05) is 44.2 Å². The van der Waals surface area contributed by atoms with Crippen molar-refractivity contribution in [3.05, 3.63) is 76.0 Å². The molecule has 1 atom stereocenters. The molecule has 2 heterocycles. The van der Waals surface area contributed by atoms with Gasteiger partial charge in [-0.3, -0.25) is 14.5 Å². The van der Waals surface area contributed by atoms with Crippen LogP contribution in [-0.2, 0) is 11.3 Å². The van der Waals surface area contributed by atoms with E-state index in [1.54, 1.807) is 36.4 Å². The van der Waals surface area contributed by atoms with Crippen LogP contribution in [0, 0.1) is 11.7 Å². The maximum Gasteiger partial charge on any atom is 0.274 e. The lowest BCUT2D eigenvalue weighted by Gasteiger charge is -2.35. The molecule has 0 saturated carbocycles. The summed E-state index contributed by atoms with van der Waals surface area (Å²) in [5, 5.41) is 8.44. The van der Waals surface area contributed by atoms with E-state index in [0.29, 0.717) is 37.1 Å². The number of nitrogens with zero attached hydrogens (tertiary/aromatic N) is 3. The fraction of sp³-hybridized carbons (Fsp3) is 0.400. The van der Waals surface area contributed by atoms with E-state index in [2.05, 4.69) is 15.3 Å². The summed E-state index contributed by atoms with van der Waals surface area (Å²) in [6, 6.07) is 13.3. The Labute approximate surface area is 192 Å². The standard InChI is InChI=1S/C25H29FN4O3/c1-17(2)16-30-25(32)21-6-4-3-5-20(21)23(28-30)24(31)27-15-22(29-11-13-33-14-12-29)18-7-9-19(26)10-8-18/h3-10,17,22H,11-16H2,1-2H3,(H,27,31). The summed E-state index contributed by atoms with van der Waals surface area (Å²) in [7, 11) is 0. The molecular weight excluding hydrogens is 423 g/mol. The van der Waals surface area contributed by atoms with Gasteiger partial charge in [-0.2, -0.15) is 5.10 Å². The molecule has 8 heteroatoms. The Hall–Kier alpha value is -3.10. The van der Waals surface area contributed by atoms with Gasteiger partial charge in [-0.15, -0.1) is 0 Å². The summed E-state index contributed by atoms with van der Waals surface area (Å²) in [5.41, 5.74) is 0.945. The van der Waals surface area contributed by atoms with Crippen LogP contribution in [0.2, 0.25) is 0 Å². The van der Waals surface area contributed by atoms with Crippen LogP contribution in [-0.4, -0.2) is 53.4 Å². The van der Waals surface area contributed by atoms with Crippen molar-refractivity contribution in [1.29, 1.82) is 0 Å². The van der Waals surface area contributed by atoms with Gasteiger partial charge in [0.2, 0.25) is 0 Å². The maximum atomic E-state index is 13.5. The summed E-state index contributed by atoms with van der Waals surface area (Å²) in [4.78, 5) is 28.4. The fourth-order valence-corrected chi connectivity index (χ4v) is 4.18. The molecule has 1 aliphatic heterocycles. The topological polar surface area (TPSA) is 76.5 Å². The second-order valence-electron chi connectivity index (χ2n) is 8.70. The van der Waals surface area contributed by atoms with Crippen molar-refractivity contribution in [3.8, 4) is 0 Å². The van der Waals surface area contributed by atoms with Gasteiger partial charge >= 0.3 is 0 Å². The minimum atomic E-state index is -0.343. The molecule has 0 radical (unpaired) electrons. The molecular formula is C25H29FN4O3. The number of hydrogen-bond donors (Lipinski definition) is 1. The molecule has 0 spiro atoms. The highest BCUT2D eigenvalue weighted by molar-refractivity contribution is 6.04. The number of halogens is 1. The Morgan fingerprint density at radius 2 is 1.76 bits per heavy atom. The van der Waals surface area contributed by atoms with Crippen LogP contribution in [0.3, 0.4) is 0 Å². The molecule has 1 aliphatic rings. The summed E-state index contributed by atoms with van der Waals surface area (Å²) in [6.45, 7) is 7.41. The van der Waals surface area contributed by atoms with Crippen molar-refractivity contribution in [2.24, 2.45) is 5.92 Å². The Morgan fingerprint density at radius 3 is 2.42 bits per heavy atom. The average Bonchev–Trinajstić information content (AvgIpc) is 2.82. The zero-order chi connectivity index (χ0) is 23.4. The molecule has 1 N–H and O–H groups in total. The van der Waals surface area contributed by atoms with Crippen molar-refractivity contribution < 1.29 is 13.9 Å². The average molecular weight is 453 g/mol. The van der Waals surface area contributed by atoms with Crippen molar-refractivity contribution >= 4 is 16.7 Å². The highest BCUT2D eigenvalue weighted by Gasteiger charge is 2.25. The van der Waals surface area contributed by atoms with Crippen LogP contribution in [0.15, 0.2) is 53.3 Å². The van der Waals surface area contributed by atoms with Crippen molar-refractivity contribution in [3.63, 3.8) is 0 Å². The lowest BCUT2D eigenvalue weighted by Crippen LogP contribution is -2.44. The molecule has 3 aromatic rings. The molecule has 33 heavy (non-hydrogen) atoms. The summed E-state index contributed by atoms with van der Waals surface area (Å²) in [5.74, 6) is -0.438. The van der Waals surface area contributed by atoms with Crippen molar-refractivity contribution in [2.45, 2.75) is 26.4 Å². The highest BCUT2D eigenvalue weighted by atomic mass is 19.1. The Balaban J connectivity index is 1.62. The van der Waals surface area contributed by atoms with E-state index in [1.807, 2.05) is 13.8 Å². The number of rotatable bonds is 7. The second-order valence-corrected chi connectivity index (χ2v) is 8.70. The van der Waals surface area contributed by atoms with Gasteiger partial charge in [0.15, 0.2) is 5.69 Å². The summed E-state index contributed by atoms with van der Waals surface area (Å²) in [6.07, 6.45) is 0. The Bertz CT molecular complexity index is 1170. The first-order valence-electron chi connectivity index (χ1n) is 11.3. The molecule has 7 nitrogen and oxygen atoms in total. The van der Waals surface area contributed by atoms with Crippen LogP contribution >= 0.6 is 0 Å². The van der Waals surface area contributed by atoms with Crippen LogP contribution in [0.5, 0.6) is 0 Å². The first-order valence-corrected chi connectivity index (χ1v) is 11.3. The Kier molecular flexibility index (Phi) is 7.15. The molecule has 1 unspecified atom stereocenters. The quantitative estimate of drug-likeness (QED) is 0.597. The molecule has 0 bridgehead atoms. The van der Waals surface area contributed by atoms with E-state index in [4.69, 9.17) is 4.74 Å². The number of hydrogen-bond acceptors (Lipinski definition) is 5. The molecule has 1 fully saturated rings. The number of carbonyl (C=O) groups is 1. The number of benzene rings is 2. The van der Waals surface area contributed by atoms with Crippen molar-refractivity contribution in [1.82, 2.24) is 20.0 Å². The third-order valence-corrected chi connectivity index (χ3v) is 5.82. The monoisotopic (exact) mass is 452 g/mol. The normalized spacial score (nSPS) is 15.6. The van der Waals surface area contributed by atoms with E-state index in [9.17, 15) is 14.0 Å². The number of aromatic nitrogens is 2. The molecule has 1 aromatic heterocycles. The molecule has 2 aromatic carbocycles. The van der Waals surface area contributed by atoms with Crippen LogP contribution < -0.4 is 10.9 Å². The van der Waals surface area contributed by atoms with Crippen LogP contribution in [0.4, 0.5) is 4.39 Å². The summed E-state index contributed by atoms with van der Waals surface area (Å²) < 4.78 is 20.3. The number of amides is 1. The molecule has 174 valence electrons. The first-order chi connectivity index (χ1) is 15.9. The van der Waals surface area contributed by atoms with Crippen LogP contribution in [0.1, 0.15) is 35.9 Å². The molecule has 1 saturated heterocycles. The number of ether oxygens (including phenoxy) is 1. The fourth-order valence-electron chi connectivity index (χ4n) is 4.18. The minimum Gasteiger partial charge on any atom is -0.379 e. The first kappa shape index (κ1) is 23.1. The maximum absolute atomic E-state index is 13.5. The van der Waals surface area contributed by atoms with E-state index in [0.717, 1.165) is 18.7 Å². The van der Waals surface area contributed by atoms with Gasteiger partial charge in [0.05, 0.1) is 24.6 Å². The zero-order valence-electron chi connectivity index (χ0n) is 19.0. The van der Waals surface area contributed by atoms with E-state index < -0.39 is 0 Å². The van der Waals surface area contributed by atoms with Gasteiger partial charge in [0, 0.05) is 31.6 Å². The number of carbonyl (C=O) groups excluding carboxylic acids is 1. The van der Waals surface area contributed by atoms with E-state index in [-0.39, 0.29) is 34.9 Å². The largest absolute Gasteiger partial charge is 0.379 e. The van der Waals surface area contributed by atoms with Gasteiger partial charge in [-0.25, -0.2) is 9.07 Å². The second kappa shape index (κ2) is 10.2. The third kappa shape index (κ3) is 5.29. The van der Waals surface area contributed by atoms with E-state index >= 15 is 0 Å². The minimum absolute atomic E-state index is 0.133. The van der Waals surface area contributed by atoms with Gasteiger partial charge in [-0.05, 0) is 29.7 Å². The molecule has 1 amide bonds. The lowest BCUT2D eigenvalue weighted by molar-refractivity contribution is 0.0162. The number of morpholine rings is 1. The Morgan fingerprint density at radius 1 is 1.09 bits per heavy atom. The molecule has 0 aliphatic carbocycles.